The Kier molecular flexibility index (Phi) is 3.73. The van der Waals surface area contributed by atoms with Crippen molar-refractivity contribution in [2.24, 2.45) is 0 Å². The van der Waals surface area contributed by atoms with Crippen LogP contribution in [-0.2, 0) is 12.8 Å². The molecule has 2 aromatic heterocycles. The Balaban J connectivity index is 2.58. The van der Waals surface area contributed by atoms with Crippen LogP contribution in [0.1, 0.15) is 25.5 Å². The van der Waals surface area contributed by atoms with Gasteiger partial charge in [0.25, 0.3) is 0 Å². The van der Waals surface area contributed by atoms with Gasteiger partial charge in [0.2, 0.25) is 5.28 Å². The highest BCUT2D eigenvalue weighted by molar-refractivity contribution is 9.10. The van der Waals surface area contributed by atoms with Crippen molar-refractivity contribution < 1.29 is 0 Å². The van der Waals surface area contributed by atoms with Gasteiger partial charge in [-0.3, -0.25) is 0 Å². The van der Waals surface area contributed by atoms with Crippen molar-refractivity contribution in [1.82, 2.24) is 24.7 Å². The molecular formula is C10H11BrClN5. The van der Waals surface area contributed by atoms with Gasteiger partial charge in [0.1, 0.15) is 5.82 Å². The van der Waals surface area contributed by atoms with Crippen LogP contribution in [0.3, 0.4) is 0 Å². The van der Waals surface area contributed by atoms with E-state index in [1.807, 2.05) is 13.8 Å². The van der Waals surface area contributed by atoms with Gasteiger partial charge in [-0.25, -0.2) is 9.97 Å². The van der Waals surface area contributed by atoms with Gasteiger partial charge in [0.05, 0.1) is 4.47 Å². The highest BCUT2D eigenvalue weighted by atomic mass is 79.9. The minimum Gasteiger partial charge on any atom is -0.225 e. The predicted molar refractivity (Wildman–Crippen MR) is 68.4 cm³/mol. The van der Waals surface area contributed by atoms with Gasteiger partial charge in [-0.2, -0.15) is 9.67 Å². The first-order chi connectivity index (χ1) is 8.15. The number of hydrogen-bond acceptors (Lipinski definition) is 4. The summed E-state index contributed by atoms with van der Waals surface area (Å²) in [6.45, 7) is 4.04. The van der Waals surface area contributed by atoms with E-state index in [1.54, 1.807) is 10.9 Å². The maximum atomic E-state index is 5.80. The van der Waals surface area contributed by atoms with Crippen LogP contribution in [0.5, 0.6) is 0 Å². The van der Waals surface area contributed by atoms with Crippen molar-refractivity contribution in [2.75, 3.05) is 0 Å². The molecule has 0 N–H and O–H groups in total. The highest BCUT2D eigenvalue weighted by Crippen LogP contribution is 2.20. The van der Waals surface area contributed by atoms with Gasteiger partial charge in [-0.05, 0) is 27.5 Å². The third-order valence-corrected chi connectivity index (χ3v) is 2.99. The van der Waals surface area contributed by atoms with E-state index in [2.05, 4.69) is 36.0 Å². The standard InChI is InChI=1S/C10H11BrClN5/c1-3-7-14-8(4-2)17(16-7)9-6(11)5-13-10(12)15-9/h5H,3-4H2,1-2H3. The molecule has 5 nitrogen and oxygen atoms in total. The molecule has 0 atom stereocenters. The maximum Gasteiger partial charge on any atom is 0.224 e. The van der Waals surface area contributed by atoms with Crippen LogP contribution >= 0.6 is 27.5 Å². The van der Waals surface area contributed by atoms with Gasteiger partial charge in [-0.1, -0.05) is 13.8 Å². The monoisotopic (exact) mass is 315 g/mol. The van der Waals surface area contributed by atoms with E-state index < -0.39 is 0 Å². The van der Waals surface area contributed by atoms with E-state index in [0.717, 1.165) is 29.0 Å². The van der Waals surface area contributed by atoms with Crippen molar-refractivity contribution in [1.29, 1.82) is 0 Å². The Labute approximate surface area is 112 Å². The Hall–Kier alpha value is -1.01. The lowest BCUT2D eigenvalue weighted by atomic mass is 10.4. The summed E-state index contributed by atoms with van der Waals surface area (Å²) >= 11 is 9.19. The molecule has 2 rings (SSSR count). The lowest BCUT2D eigenvalue weighted by Gasteiger charge is -2.05. The summed E-state index contributed by atoms with van der Waals surface area (Å²) in [5.41, 5.74) is 0. The van der Waals surface area contributed by atoms with Crippen LogP contribution in [0, 0.1) is 0 Å². The van der Waals surface area contributed by atoms with Crippen LogP contribution in [-0.4, -0.2) is 24.7 Å². The molecule has 0 saturated heterocycles. The smallest absolute Gasteiger partial charge is 0.224 e. The molecule has 17 heavy (non-hydrogen) atoms. The van der Waals surface area contributed by atoms with Crippen LogP contribution < -0.4 is 0 Å². The molecule has 0 aliphatic carbocycles. The van der Waals surface area contributed by atoms with Gasteiger partial charge in [0, 0.05) is 19.0 Å². The quantitative estimate of drug-likeness (QED) is 0.817. The summed E-state index contributed by atoms with van der Waals surface area (Å²) in [5, 5.41) is 4.59. The van der Waals surface area contributed by atoms with Crippen molar-refractivity contribution in [3.8, 4) is 5.82 Å². The van der Waals surface area contributed by atoms with E-state index in [0.29, 0.717) is 5.82 Å². The van der Waals surface area contributed by atoms with E-state index in [-0.39, 0.29) is 5.28 Å². The molecular weight excluding hydrogens is 306 g/mol. The largest absolute Gasteiger partial charge is 0.225 e. The SMILES string of the molecule is CCc1nc(CC)n(-c2nc(Cl)ncc2Br)n1. The fourth-order valence-electron chi connectivity index (χ4n) is 1.43. The molecule has 7 heteroatoms. The Morgan fingerprint density at radius 2 is 2.06 bits per heavy atom. The van der Waals surface area contributed by atoms with Gasteiger partial charge >= 0.3 is 0 Å². The summed E-state index contributed by atoms with van der Waals surface area (Å²) in [7, 11) is 0. The Morgan fingerprint density at radius 1 is 1.29 bits per heavy atom. The van der Waals surface area contributed by atoms with Crippen molar-refractivity contribution in [3.05, 3.63) is 27.6 Å². The molecule has 0 fully saturated rings. The molecule has 0 aromatic carbocycles. The van der Waals surface area contributed by atoms with E-state index in [9.17, 15) is 0 Å². The average molecular weight is 317 g/mol. The second-order valence-corrected chi connectivity index (χ2v) is 4.57. The second-order valence-electron chi connectivity index (χ2n) is 3.37. The molecule has 2 aromatic rings. The van der Waals surface area contributed by atoms with Crippen molar-refractivity contribution in [3.63, 3.8) is 0 Å². The molecule has 0 spiro atoms. The number of aryl methyl sites for hydroxylation is 2. The summed E-state index contributed by atoms with van der Waals surface area (Å²) < 4.78 is 2.44. The summed E-state index contributed by atoms with van der Waals surface area (Å²) in [4.78, 5) is 12.5. The average Bonchev–Trinajstić information content (AvgIpc) is 2.75. The second kappa shape index (κ2) is 5.10. The number of aromatic nitrogens is 5. The fraction of sp³-hybridized carbons (Fsp3) is 0.400. The normalized spacial score (nSPS) is 10.8. The minimum absolute atomic E-state index is 0.193. The lowest BCUT2D eigenvalue weighted by molar-refractivity contribution is 0.761. The molecule has 0 unspecified atom stereocenters. The fourth-order valence-corrected chi connectivity index (χ4v) is 1.91. The molecule has 0 amide bonds. The topological polar surface area (TPSA) is 56.5 Å². The number of rotatable bonds is 3. The number of hydrogen-bond donors (Lipinski definition) is 0. The van der Waals surface area contributed by atoms with E-state index >= 15 is 0 Å². The van der Waals surface area contributed by atoms with Gasteiger partial charge in [0.15, 0.2) is 11.6 Å². The van der Waals surface area contributed by atoms with Crippen LogP contribution in [0.25, 0.3) is 5.82 Å². The minimum atomic E-state index is 0.193. The first kappa shape index (κ1) is 12.4. The summed E-state index contributed by atoms with van der Waals surface area (Å²) in [5.74, 6) is 2.27. The maximum absolute atomic E-state index is 5.80. The third-order valence-electron chi connectivity index (χ3n) is 2.25. The Morgan fingerprint density at radius 3 is 2.71 bits per heavy atom. The van der Waals surface area contributed by atoms with E-state index in [4.69, 9.17) is 11.6 Å². The zero-order valence-corrected chi connectivity index (χ0v) is 11.8. The summed E-state index contributed by atoms with van der Waals surface area (Å²) in [6.07, 6.45) is 3.18. The van der Waals surface area contributed by atoms with Crippen LogP contribution in [0.2, 0.25) is 5.28 Å². The molecule has 0 radical (unpaired) electrons. The third kappa shape index (κ3) is 2.47. The highest BCUT2D eigenvalue weighted by Gasteiger charge is 2.13. The zero-order valence-electron chi connectivity index (χ0n) is 9.48. The van der Waals surface area contributed by atoms with Gasteiger partial charge in [-0.15, -0.1) is 5.10 Å². The molecule has 0 bridgehead atoms. The zero-order chi connectivity index (χ0) is 12.4. The van der Waals surface area contributed by atoms with Crippen molar-refractivity contribution >= 4 is 27.5 Å². The molecule has 90 valence electrons. The lowest BCUT2D eigenvalue weighted by Crippen LogP contribution is -2.06. The first-order valence-corrected chi connectivity index (χ1v) is 6.46. The molecule has 2 heterocycles. The predicted octanol–water partition coefficient (Wildman–Crippen LogP) is 2.60. The Bertz CT molecular complexity index is 539. The molecule has 0 aliphatic rings. The van der Waals surface area contributed by atoms with Crippen molar-refractivity contribution in [2.45, 2.75) is 26.7 Å². The van der Waals surface area contributed by atoms with Crippen LogP contribution in [0.15, 0.2) is 10.7 Å². The van der Waals surface area contributed by atoms with E-state index in [1.165, 1.54) is 0 Å². The molecule has 0 saturated carbocycles. The first-order valence-electron chi connectivity index (χ1n) is 5.29. The van der Waals surface area contributed by atoms with Crippen LogP contribution in [0.4, 0.5) is 0 Å². The summed E-state index contributed by atoms with van der Waals surface area (Å²) in [6, 6.07) is 0. The number of halogens is 2. The molecule has 0 aliphatic heterocycles. The van der Waals surface area contributed by atoms with Gasteiger partial charge < -0.3 is 0 Å². The number of nitrogens with zero attached hydrogens (tertiary/aromatic N) is 5.